The predicted octanol–water partition coefficient (Wildman–Crippen LogP) is 4.32. The van der Waals surface area contributed by atoms with Crippen LogP contribution >= 0.6 is 0 Å². The molecule has 0 fully saturated rings. The number of nitrogens with one attached hydrogen (secondary N) is 1. The number of rotatable bonds is 5. The molecule has 34 heavy (non-hydrogen) atoms. The van der Waals surface area contributed by atoms with Gasteiger partial charge >= 0.3 is 0 Å². The molecule has 1 amide bonds. The minimum absolute atomic E-state index is 0.224. The van der Waals surface area contributed by atoms with Gasteiger partial charge in [0.25, 0.3) is 11.5 Å². The summed E-state index contributed by atoms with van der Waals surface area (Å²) in [5.74, 6) is 0.710. The van der Waals surface area contributed by atoms with Crippen molar-refractivity contribution in [2.45, 2.75) is 24.8 Å². The van der Waals surface area contributed by atoms with Crippen molar-refractivity contribution < 1.29 is 4.79 Å². The summed E-state index contributed by atoms with van der Waals surface area (Å²) in [6, 6.07) is 30.0. The Hall–Kier alpha value is -3.99. The summed E-state index contributed by atoms with van der Waals surface area (Å²) in [5, 5.41) is 7.45. The number of nitrogens with zero attached hydrogens (tertiary/aromatic N) is 2. The Morgan fingerprint density at radius 3 is 2.12 bits per heavy atom. The highest BCUT2D eigenvalue weighted by Crippen LogP contribution is 2.55. The Balaban J connectivity index is 1.22. The van der Waals surface area contributed by atoms with Gasteiger partial charge in [0.05, 0.1) is 6.54 Å². The van der Waals surface area contributed by atoms with Crippen molar-refractivity contribution in [3.8, 4) is 0 Å². The first-order valence-electron chi connectivity index (χ1n) is 11.8. The monoisotopic (exact) mass is 447 g/mol. The van der Waals surface area contributed by atoms with E-state index in [1.807, 2.05) is 30.3 Å². The Labute approximate surface area is 198 Å². The molecule has 0 aliphatic heterocycles. The smallest absolute Gasteiger partial charge is 0.271 e. The fourth-order valence-corrected chi connectivity index (χ4v) is 5.71. The van der Waals surface area contributed by atoms with Crippen LogP contribution < -0.4 is 10.9 Å². The number of amides is 1. The summed E-state index contributed by atoms with van der Waals surface area (Å²) in [4.78, 5) is 25.3. The fourth-order valence-electron chi connectivity index (χ4n) is 5.71. The average molecular weight is 448 g/mol. The predicted molar refractivity (Wildman–Crippen MR) is 131 cm³/mol. The van der Waals surface area contributed by atoms with Crippen LogP contribution in [0.5, 0.6) is 0 Å². The van der Waals surface area contributed by atoms with E-state index in [1.54, 1.807) is 0 Å². The van der Waals surface area contributed by atoms with Crippen molar-refractivity contribution in [2.24, 2.45) is 5.92 Å². The van der Waals surface area contributed by atoms with Gasteiger partial charge in [0.2, 0.25) is 0 Å². The van der Waals surface area contributed by atoms with Gasteiger partial charge in [0.15, 0.2) is 0 Å². The molecule has 168 valence electrons. The van der Waals surface area contributed by atoms with Gasteiger partial charge in [-0.15, -0.1) is 0 Å². The summed E-state index contributed by atoms with van der Waals surface area (Å²) < 4.78 is 1.35. The SMILES string of the molecule is O=C(NCC1CC2c3ccccc3C1c1ccccc12)c1ccc(=O)n(Cc2ccccc2)n1. The Kier molecular flexibility index (Phi) is 5.10. The van der Waals surface area contributed by atoms with Crippen molar-refractivity contribution in [3.63, 3.8) is 0 Å². The lowest BCUT2D eigenvalue weighted by molar-refractivity contribution is 0.0935. The zero-order chi connectivity index (χ0) is 23.1. The summed E-state index contributed by atoms with van der Waals surface area (Å²) in [7, 11) is 0. The quantitative estimate of drug-likeness (QED) is 0.496. The molecule has 7 rings (SSSR count). The van der Waals surface area contributed by atoms with Gasteiger partial charge in [0.1, 0.15) is 5.69 Å². The average Bonchev–Trinajstić information content (AvgIpc) is 2.89. The lowest BCUT2D eigenvalue weighted by atomic mass is 9.59. The maximum absolute atomic E-state index is 13.0. The molecule has 1 N–H and O–H groups in total. The normalized spacial score (nSPS) is 19.8. The Morgan fingerprint density at radius 2 is 1.44 bits per heavy atom. The van der Waals surface area contributed by atoms with E-state index >= 15 is 0 Å². The second-order valence-electron chi connectivity index (χ2n) is 9.19. The number of benzene rings is 3. The molecule has 5 nitrogen and oxygen atoms in total. The molecule has 1 aromatic heterocycles. The molecule has 3 aliphatic carbocycles. The van der Waals surface area contributed by atoms with Crippen molar-refractivity contribution in [3.05, 3.63) is 135 Å². The van der Waals surface area contributed by atoms with Gasteiger partial charge in [-0.2, -0.15) is 5.10 Å². The summed E-state index contributed by atoms with van der Waals surface area (Å²) in [5.41, 5.74) is 6.60. The van der Waals surface area contributed by atoms with E-state index in [2.05, 4.69) is 58.9 Å². The number of aromatic nitrogens is 2. The van der Waals surface area contributed by atoms with Gasteiger partial charge in [-0.3, -0.25) is 9.59 Å². The highest BCUT2D eigenvalue weighted by Gasteiger charge is 2.42. The zero-order valence-electron chi connectivity index (χ0n) is 18.7. The first-order valence-corrected chi connectivity index (χ1v) is 11.8. The van der Waals surface area contributed by atoms with Crippen molar-refractivity contribution in [2.75, 3.05) is 6.54 Å². The molecule has 1 atom stereocenters. The van der Waals surface area contributed by atoms with Crippen LogP contribution in [0.1, 0.15) is 56.6 Å². The molecule has 0 radical (unpaired) electrons. The lowest BCUT2D eigenvalue weighted by Gasteiger charge is -2.45. The third-order valence-corrected chi connectivity index (χ3v) is 7.22. The van der Waals surface area contributed by atoms with Crippen LogP contribution in [0, 0.1) is 5.92 Å². The molecule has 3 aliphatic rings. The number of carbonyl (C=O) groups excluding carboxylic acids is 1. The first kappa shape index (κ1) is 20.6. The second kappa shape index (κ2) is 8.41. The highest BCUT2D eigenvalue weighted by molar-refractivity contribution is 5.92. The second-order valence-corrected chi connectivity index (χ2v) is 9.19. The Morgan fingerprint density at radius 1 is 0.824 bits per heavy atom. The van der Waals surface area contributed by atoms with Crippen molar-refractivity contribution in [1.29, 1.82) is 0 Å². The lowest BCUT2D eigenvalue weighted by Crippen LogP contribution is -2.40. The van der Waals surface area contributed by atoms with Crippen LogP contribution in [0.15, 0.2) is 95.8 Å². The standard InChI is InChI=1S/C29H25N3O2/c33-27-15-14-26(31-32(27)18-19-8-2-1-3-9-19)29(34)30-17-20-16-25-21-10-4-6-12-23(21)28(20)24-13-7-5-11-22(24)25/h1-15,20,25,28H,16-18H2,(H,30,34). The molecule has 5 heteroatoms. The first-order chi connectivity index (χ1) is 16.7. The molecule has 1 heterocycles. The third-order valence-electron chi connectivity index (χ3n) is 7.22. The van der Waals surface area contributed by atoms with E-state index in [4.69, 9.17) is 0 Å². The van der Waals surface area contributed by atoms with Crippen LogP contribution in [0.3, 0.4) is 0 Å². The minimum Gasteiger partial charge on any atom is -0.350 e. The molecule has 0 spiro atoms. The van der Waals surface area contributed by atoms with Crippen molar-refractivity contribution >= 4 is 5.91 Å². The number of fused-ring (bicyclic) bond motifs is 1. The van der Waals surface area contributed by atoms with Gasteiger partial charge < -0.3 is 5.32 Å². The van der Waals surface area contributed by atoms with Crippen molar-refractivity contribution in [1.82, 2.24) is 15.1 Å². The maximum atomic E-state index is 13.0. The maximum Gasteiger partial charge on any atom is 0.271 e. The summed E-state index contributed by atoms with van der Waals surface area (Å²) in [6.07, 6.45) is 1.01. The van der Waals surface area contributed by atoms with Crippen LogP contribution in [0.4, 0.5) is 0 Å². The molecule has 2 bridgehead atoms. The molecule has 4 aromatic rings. The number of hydrogen-bond acceptors (Lipinski definition) is 3. The van der Waals surface area contributed by atoms with E-state index in [0.717, 1.165) is 12.0 Å². The van der Waals surface area contributed by atoms with Crippen LogP contribution in [0.2, 0.25) is 0 Å². The molecular weight excluding hydrogens is 422 g/mol. The minimum atomic E-state index is -0.246. The summed E-state index contributed by atoms with van der Waals surface area (Å²) in [6.45, 7) is 0.906. The summed E-state index contributed by atoms with van der Waals surface area (Å²) >= 11 is 0. The highest BCUT2D eigenvalue weighted by atomic mass is 16.2. The molecular formula is C29H25N3O2. The van der Waals surface area contributed by atoms with E-state index in [9.17, 15) is 9.59 Å². The van der Waals surface area contributed by atoms with E-state index in [0.29, 0.717) is 24.9 Å². The van der Waals surface area contributed by atoms with E-state index in [-0.39, 0.29) is 23.1 Å². The molecule has 3 aromatic carbocycles. The van der Waals surface area contributed by atoms with Crippen LogP contribution in [0.25, 0.3) is 0 Å². The van der Waals surface area contributed by atoms with Gasteiger partial charge in [0, 0.05) is 24.4 Å². The topological polar surface area (TPSA) is 64.0 Å². The van der Waals surface area contributed by atoms with Crippen LogP contribution in [-0.4, -0.2) is 22.2 Å². The zero-order valence-corrected chi connectivity index (χ0v) is 18.7. The van der Waals surface area contributed by atoms with E-state index in [1.165, 1.54) is 39.1 Å². The molecule has 0 saturated carbocycles. The van der Waals surface area contributed by atoms with Crippen LogP contribution in [-0.2, 0) is 6.54 Å². The largest absolute Gasteiger partial charge is 0.350 e. The molecule has 0 saturated heterocycles. The van der Waals surface area contributed by atoms with E-state index < -0.39 is 0 Å². The van der Waals surface area contributed by atoms with Gasteiger partial charge in [-0.05, 0) is 46.2 Å². The fraction of sp³-hybridized carbons (Fsp3) is 0.207. The van der Waals surface area contributed by atoms with Gasteiger partial charge in [-0.25, -0.2) is 4.68 Å². The third kappa shape index (κ3) is 3.54. The Bertz CT molecular complexity index is 1380. The number of hydrogen-bond donors (Lipinski definition) is 1. The van der Waals surface area contributed by atoms with Gasteiger partial charge in [-0.1, -0.05) is 78.9 Å². The number of carbonyl (C=O) groups is 1. The molecule has 1 unspecified atom stereocenters.